The van der Waals surface area contributed by atoms with E-state index in [0.29, 0.717) is 71.4 Å². The zero-order valence-electron chi connectivity index (χ0n) is 33.4. The molecule has 1 aliphatic carbocycles. The number of carboxylic acid groups (broad SMARTS) is 1. The predicted molar refractivity (Wildman–Crippen MR) is 216 cm³/mol. The summed E-state index contributed by atoms with van der Waals surface area (Å²) in [5, 5.41) is 65.7. The normalized spacial score (nSPS) is 30.9. The van der Waals surface area contributed by atoms with Crippen molar-refractivity contribution in [3.8, 4) is 45.6 Å². The van der Waals surface area contributed by atoms with E-state index in [1.165, 1.54) is 12.2 Å². The molecule has 1 fully saturated rings. The number of phenols is 1. The molecule has 15 nitrogen and oxygen atoms in total. The monoisotopic (exact) mass is 821 g/mol. The number of aliphatic hydroxyl groups is 3. The number of aliphatic hydroxyl groups excluding tert-OH is 3. The summed E-state index contributed by atoms with van der Waals surface area (Å²) in [5.41, 5.74) is 4.67. The van der Waals surface area contributed by atoms with E-state index in [1.54, 1.807) is 32.4 Å². The lowest BCUT2D eigenvalue weighted by molar-refractivity contribution is -0.356. The first-order valence-corrected chi connectivity index (χ1v) is 20.2. The Morgan fingerprint density at radius 3 is 2.57 bits per heavy atom. The third-order valence-electron chi connectivity index (χ3n) is 13.1. The largest absolute Gasteiger partial charge is 0.508 e. The molecule has 60 heavy (non-hydrogen) atoms. The number of likely N-dealkylation sites (N-methyl/N-ethyl adjacent to an activating group) is 1. The van der Waals surface area contributed by atoms with Crippen molar-refractivity contribution in [2.24, 2.45) is 0 Å². The van der Waals surface area contributed by atoms with Crippen molar-refractivity contribution in [2.75, 3.05) is 39.7 Å². The highest BCUT2D eigenvalue weighted by Gasteiger charge is 2.70. The molecule has 0 aromatic heterocycles. The van der Waals surface area contributed by atoms with Crippen molar-refractivity contribution in [1.29, 1.82) is 0 Å². The third kappa shape index (κ3) is 5.33. The number of ether oxygens (including phenoxy) is 6. The topological polar surface area (TPSA) is 210 Å². The number of hydrogen-bond acceptors (Lipinski definition) is 14. The van der Waals surface area contributed by atoms with Gasteiger partial charge in [0.1, 0.15) is 41.9 Å². The van der Waals surface area contributed by atoms with Gasteiger partial charge in [-0.05, 0) is 83.7 Å². The molecule has 1 saturated heterocycles. The SMILES string of the molecule is CCNCC1c2cccc(c2)Cc2ccc(O)cc2-c2cc3c(c4c2C2Oc5c(OC)c(OC)cc(CNC)c5C2C1O4)NC1C=CC2(C(=O)O)OC1(O3)C(O)C(O)C2O. The van der Waals surface area contributed by atoms with Crippen molar-refractivity contribution in [2.45, 2.75) is 79.7 Å². The number of hydrogen-bond donors (Lipinski definition) is 8. The highest BCUT2D eigenvalue weighted by atomic mass is 16.7. The first kappa shape index (κ1) is 38.6. The minimum atomic E-state index is -2.42. The van der Waals surface area contributed by atoms with Crippen molar-refractivity contribution in [1.82, 2.24) is 10.6 Å². The number of nitrogens with one attached hydrogen (secondary N) is 3. The van der Waals surface area contributed by atoms with Crippen molar-refractivity contribution in [3.05, 3.63) is 100 Å². The average molecular weight is 822 g/mol. The molecule has 10 unspecified atom stereocenters. The minimum Gasteiger partial charge on any atom is -0.508 e. The molecular formula is C45H47N3O12. The number of anilines is 1. The first-order valence-electron chi connectivity index (χ1n) is 20.2. The van der Waals surface area contributed by atoms with E-state index in [0.717, 1.165) is 27.8 Å². The molecule has 6 heterocycles. The average Bonchev–Trinajstić information content (AvgIpc) is 3.65. The van der Waals surface area contributed by atoms with E-state index in [-0.39, 0.29) is 17.4 Å². The standard InChI is InChI=1S/C45H47N3O12/c1-5-47-19-27-21-8-6-7-20(13-21)14-22-9-10-24(49)16-25(22)26-17-28-34(48-30-11-12-44(43(53)54)41(51)35(50)42(52)45(30,59-28)60-44)39-32(26)38-33(36(27)57-39)31-23(18-46-2)15-29(55-3)37(56-4)40(31)58-38/h6-13,15-17,27,30,33,35-36,38,41-42,46-52H,5,14,18-19H2,1-4H3,(H,53,54). The second-order valence-electron chi connectivity index (χ2n) is 16.3. The number of benzene rings is 4. The highest BCUT2D eigenvalue weighted by molar-refractivity contribution is 5.87. The van der Waals surface area contributed by atoms with Gasteiger partial charge in [-0.2, -0.15) is 0 Å². The lowest BCUT2D eigenvalue weighted by Gasteiger charge is -2.57. The van der Waals surface area contributed by atoms with Crippen molar-refractivity contribution >= 4 is 11.7 Å². The molecule has 314 valence electrons. The Bertz CT molecular complexity index is 2460. The van der Waals surface area contributed by atoms with Crippen LogP contribution in [0, 0.1) is 0 Å². The Labute approximate surface area is 345 Å². The van der Waals surface area contributed by atoms with Gasteiger partial charge in [-0.3, -0.25) is 0 Å². The van der Waals surface area contributed by atoms with Crippen LogP contribution in [0.5, 0.6) is 34.5 Å². The van der Waals surface area contributed by atoms with Crippen LogP contribution in [-0.4, -0.2) is 108 Å². The Morgan fingerprint density at radius 2 is 1.82 bits per heavy atom. The van der Waals surface area contributed by atoms with E-state index in [9.17, 15) is 30.3 Å². The fraction of sp³-hybridized carbons (Fsp3) is 0.400. The number of rotatable bonds is 8. The number of aromatic hydroxyl groups is 1. The molecule has 0 amide bonds. The van der Waals surface area contributed by atoms with Crippen molar-refractivity contribution < 1.29 is 58.7 Å². The van der Waals surface area contributed by atoms with E-state index in [4.69, 9.17) is 28.4 Å². The summed E-state index contributed by atoms with van der Waals surface area (Å²) in [6.07, 6.45) is -3.99. The molecule has 8 N–H and O–H groups in total. The third-order valence-corrected chi connectivity index (χ3v) is 13.1. The maximum atomic E-state index is 12.7. The van der Waals surface area contributed by atoms with Crippen LogP contribution in [0.1, 0.15) is 58.2 Å². The van der Waals surface area contributed by atoms with Crippen LogP contribution in [0.3, 0.4) is 0 Å². The fourth-order valence-corrected chi connectivity index (χ4v) is 10.3. The van der Waals surface area contributed by atoms with Gasteiger partial charge in [-0.1, -0.05) is 43.3 Å². The van der Waals surface area contributed by atoms with Gasteiger partial charge < -0.3 is 69.9 Å². The lowest BCUT2D eigenvalue weighted by atomic mass is 9.72. The van der Waals surface area contributed by atoms with Gasteiger partial charge >= 0.3 is 5.97 Å². The van der Waals surface area contributed by atoms with Gasteiger partial charge in [0.05, 0.1) is 20.1 Å². The van der Waals surface area contributed by atoms with Crippen LogP contribution < -0.4 is 39.6 Å². The summed E-state index contributed by atoms with van der Waals surface area (Å²) in [4.78, 5) is 12.7. The minimum absolute atomic E-state index is 0.0146. The number of phenolic OH excluding ortho intramolecular Hbond substituents is 1. The molecule has 15 heteroatoms. The van der Waals surface area contributed by atoms with Gasteiger partial charge in [0.15, 0.2) is 29.1 Å². The summed E-state index contributed by atoms with van der Waals surface area (Å²) in [6, 6.07) is 16.3. The molecule has 10 atom stereocenters. The van der Waals surface area contributed by atoms with Crippen LogP contribution in [0.15, 0.2) is 66.7 Å². The van der Waals surface area contributed by atoms with Crippen LogP contribution in [0.25, 0.3) is 11.1 Å². The molecule has 11 rings (SSSR count). The number of fused-ring (bicyclic) bond motifs is 3. The van der Waals surface area contributed by atoms with E-state index in [1.807, 2.05) is 19.2 Å². The van der Waals surface area contributed by atoms with Gasteiger partial charge in [-0.15, -0.1) is 0 Å². The number of aliphatic carboxylic acids is 1. The van der Waals surface area contributed by atoms with Crippen LogP contribution in [0.2, 0.25) is 0 Å². The Morgan fingerprint density at radius 1 is 0.983 bits per heavy atom. The Kier molecular flexibility index (Phi) is 9.02. The number of carboxylic acids is 1. The summed E-state index contributed by atoms with van der Waals surface area (Å²) >= 11 is 0. The number of carbonyl (C=O) groups is 1. The highest BCUT2D eigenvalue weighted by Crippen LogP contribution is 2.65. The molecule has 4 aromatic rings. The maximum absolute atomic E-state index is 12.7. The Hall–Kier alpha value is -5.55. The smallest absolute Gasteiger partial charge is 0.343 e. The molecular weight excluding hydrogens is 775 g/mol. The molecule has 0 saturated carbocycles. The molecule has 7 aliphatic rings. The van der Waals surface area contributed by atoms with Gasteiger partial charge in [-0.25, -0.2) is 4.79 Å². The zero-order valence-corrected chi connectivity index (χ0v) is 33.4. The quantitative estimate of drug-likeness (QED) is 0.120. The summed E-state index contributed by atoms with van der Waals surface area (Å²) in [7, 11) is 5.05. The fourth-order valence-electron chi connectivity index (χ4n) is 10.3. The molecule has 4 aromatic carbocycles. The van der Waals surface area contributed by atoms with Crippen LogP contribution in [0.4, 0.5) is 5.69 Å². The lowest BCUT2D eigenvalue weighted by Crippen LogP contribution is -2.79. The van der Waals surface area contributed by atoms with Crippen molar-refractivity contribution in [3.63, 3.8) is 0 Å². The molecule has 0 radical (unpaired) electrons. The van der Waals surface area contributed by atoms with E-state index in [2.05, 4.69) is 47.1 Å². The second kappa shape index (κ2) is 14.0. The summed E-state index contributed by atoms with van der Waals surface area (Å²) in [5.74, 6) is -2.43. The first-order chi connectivity index (χ1) is 29.0. The number of methoxy groups -OCH3 is 2. The van der Waals surface area contributed by atoms with Gasteiger partial charge in [0.2, 0.25) is 11.4 Å². The van der Waals surface area contributed by atoms with Crippen LogP contribution in [-0.2, 0) is 22.5 Å². The zero-order chi connectivity index (χ0) is 41.8. The Balaban J connectivity index is 1.28. The van der Waals surface area contributed by atoms with Gasteiger partial charge in [0, 0.05) is 30.1 Å². The summed E-state index contributed by atoms with van der Waals surface area (Å²) < 4.78 is 39.5. The van der Waals surface area contributed by atoms with E-state index >= 15 is 0 Å². The second-order valence-corrected chi connectivity index (χ2v) is 16.3. The van der Waals surface area contributed by atoms with Gasteiger partial charge in [0.25, 0.3) is 5.79 Å². The molecule has 6 aliphatic heterocycles. The predicted octanol–water partition coefficient (Wildman–Crippen LogP) is 3.45. The van der Waals surface area contributed by atoms with E-state index < -0.39 is 59.8 Å². The molecule has 8 bridgehead atoms. The summed E-state index contributed by atoms with van der Waals surface area (Å²) in [6.45, 7) is 3.80. The molecule has 1 spiro atoms. The maximum Gasteiger partial charge on any atom is 0.343 e. The van der Waals surface area contributed by atoms with Crippen LogP contribution >= 0.6 is 0 Å².